The summed E-state index contributed by atoms with van der Waals surface area (Å²) < 4.78 is 6.17. The molecule has 1 atom stereocenters. The molecule has 0 spiro atoms. The third-order valence-corrected chi connectivity index (χ3v) is 3.89. The fourth-order valence-corrected chi connectivity index (χ4v) is 2.23. The maximum atomic E-state index is 12.2. The zero-order chi connectivity index (χ0) is 17.7. The van der Waals surface area contributed by atoms with E-state index in [2.05, 4.69) is 21.2 Å². The Bertz CT molecular complexity index is 729. The lowest BCUT2D eigenvalue weighted by Crippen LogP contribution is -2.30. The lowest BCUT2D eigenvalue weighted by molar-refractivity contribution is -0.123. The number of carbonyl (C=O) groups excluding carboxylic acids is 2. The Balaban J connectivity index is 1.99. The first-order valence-electron chi connectivity index (χ1n) is 7.41. The van der Waals surface area contributed by atoms with Gasteiger partial charge in [0.2, 0.25) is 0 Å². The molecule has 0 aliphatic carbocycles. The number of benzene rings is 2. The predicted molar refractivity (Wildman–Crippen MR) is 98.4 cm³/mol. The van der Waals surface area contributed by atoms with Crippen molar-refractivity contribution in [2.45, 2.75) is 13.0 Å². The second-order valence-electron chi connectivity index (χ2n) is 5.49. The van der Waals surface area contributed by atoms with Gasteiger partial charge in [-0.1, -0.05) is 22.0 Å². The Morgan fingerprint density at radius 3 is 2.42 bits per heavy atom. The fourth-order valence-electron chi connectivity index (χ4n) is 1.97. The molecular formula is C18H19BrN2O3. The summed E-state index contributed by atoms with van der Waals surface area (Å²) in [5, 5.41) is 2.71. The van der Waals surface area contributed by atoms with Crippen molar-refractivity contribution >= 4 is 39.2 Å². The highest BCUT2D eigenvalue weighted by atomic mass is 79.9. The maximum Gasteiger partial charge on any atom is 0.338 e. The molecule has 126 valence electrons. The number of anilines is 2. The van der Waals surface area contributed by atoms with E-state index in [9.17, 15) is 9.59 Å². The molecule has 0 heterocycles. The molecule has 2 aromatic carbocycles. The van der Waals surface area contributed by atoms with E-state index in [-0.39, 0.29) is 5.91 Å². The van der Waals surface area contributed by atoms with Gasteiger partial charge in [0.25, 0.3) is 5.91 Å². The summed E-state index contributed by atoms with van der Waals surface area (Å²) in [7, 11) is 3.78. The number of esters is 1. The number of ether oxygens (including phenoxy) is 1. The molecule has 1 N–H and O–H groups in total. The van der Waals surface area contributed by atoms with E-state index in [0.717, 1.165) is 10.2 Å². The molecule has 6 heteroatoms. The van der Waals surface area contributed by atoms with E-state index < -0.39 is 12.1 Å². The van der Waals surface area contributed by atoms with Crippen LogP contribution < -0.4 is 10.2 Å². The van der Waals surface area contributed by atoms with Crippen molar-refractivity contribution in [3.63, 3.8) is 0 Å². The molecule has 0 aliphatic heterocycles. The monoisotopic (exact) mass is 390 g/mol. The van der Waals surface area contributed by atoms with Crippen LogP contribution in [-0.2, 0) is 9.53 Å². The van der Waals surface area contributed by atoms with Crippen LogP contribution in [0.5, 0.6) is 0 Å². The van der Waals surface area contributed by atoms with Gasteiger partial charge in [0.15, 0.2) is 6.10 Å². The summed E-state index contributed by atoms with van der Waals surface area (Å²) in [6.45, 7) is 1.54. The van der Waals surface area contributed by atoms with E-state index in [0.29, 0.717) is 11.3 Å². The van der Waals surface area contributed by atoms with Gasteiger partial charge in [0.05, 0.1) is 5.56 Å². The van der Waals surface area contributed by atoms with E-state index >= 15 is 0 Å². The predicted octanol–water partition coefficient (Wildman–Crippen LogP) is 3.70. The van der Waals surface area contributed by atoms with Gasteiger partial charge in [0, 0.05) is 29.9 Å². The number of amides is 1. The van der Waals surface area contributed by atoms with E-state index in [1.165, 1.54) is 0 Å². The van der Waals surface area contributed by atoms with Crippen molar-refractivity contribution in [3.8, 4) is 0 Å². The molecule has 0 unspecified atom stereocenters. The van der Waals surface area contributed by atoms with Crippen LogP contribution in [0.4, 0.5) is 11.4 Å². The number of carbonyl (C=O) groups is 2. The van der Waals surface area contributed by atoms with Crippen LogP contribution in [0, 0.1) is 0 Å². The molecule has 2 aromatic rings. The van der Waals surface area contributed by atoms with Crippen LogP contribution in [0.3, 0.4) is 0 Å². The minimum Gasteiger partial charge on any atom is -0.449 e. The average molecular weight is 391 g/mol. The zero-order valence-corrected chi connectivity index (χ0v) is 15.3. The summed E-state index contributed by atoms with van der Waals surface area (Å²) in [5.74, 6) is -0.911. The number of hydrogen-bond acceptors (Lipinski definition) is 4. The SMILES string of the molecule is C[C@@H](OC(=O)c1cccc(N(C)C)c1)C(=O)Nc1ccc(Br)cc1. The first kappa shape index (κ1) is 18.0. The Labute approximate surface area is 149 Å². The van der Waals surface area contributed by atoms with Gasteiger partial charge in [-0.25, -0.2) is 4.79 Å². The van der Waals surface area contributed by atoms with Gasteiger partial charge in [-0.05, 0) is 49.4 Å². The highest BCUT2D eigenvalue weighted by Crippen LogP contribution is 2.16. The highest BCUT2D eigenvalue weighted by molar-refractivity contribution is 9.10. The zero-order valence-electron chi connectivity index (χ0n) is 13.7. The standard InChI is InChI=1S/C18H19BrN2O3/c1-12(17(22)20-15-9-7-14(19)8-10-15)24-18(23)13-5-4-6-16(11-13)21(2)3/h4-12H,1-3H3,(H,20,22)/t12-/m1/s1. The second kappa shape index (κ2) is 7.97. The molecule has 2 rings (SSSR count). The molecule has 0 radical (unpaired) electrons. The molecule has 0 aromatic heterocycles. The van der Waals surface area contributed by atoms with Gasteiger partial charge in [-0.15, -0.1) is 0 Å². The second-order valence-corrected chi connectivity index (χ2v) is 6.40. The fraction of sp³-hybridized carbons (Fsp3) is 0.222. The first-order valence-corrected chi connectivity index (χ1v) is 8.21. The van der Waals surface area contributed by atoms with Gasteiger partial charge < -0.3 is 15.0 Å². The first-order chi connectivity index (χ1) is 11.4. The smallest absolute Gasteiger partial charge is 0.338 e. The van der Waals surface area contributed by atoms with Crippen molar-refractivity contribution in [2.75, 3.05) is 24.3 Å². The van der Waals surface area contributed by atoms with Crippen molar-refractivity contribution in [2.24, 2.45) is 0 Å². The molecule has 0 saturated carbocycles. The van der Waals surface area contributed by atoms with Crippen LogP contribution in [0.2, 0.25) is 0 Å². The van der Waals surface area contributed by atoms with Crippen LogP contribution >= 0.6 is 15.9 Å². The van der Waals surface area contributed by atoms with Crippen molar-refractivity contribution < 1.29 is 14.3 Å². The van der Waals surface area contributed by atoms with Crippen LogP contribution in [0.25, 0.3) is 0 Å². The van der Waals surface area contributed by atoms with Gasteiger partial charge in [-0.2, -0.15) is 0 Å². The van der Waals surface area contributed by atoms with E-state index in [1.807, 2.05) is 37.2 Å². The van der Waals surface area contributed by atoms with Crippen molar-refractivity contribution in [3.05, 3.63) is 58.6 Å². The topological polar surface area (TPSA) is 58.6 Å². The third kappa shape index (κ3) is 4.83. The number of nitrogens with zero attached hydrogens (tertiary/aromatic N) is 1. The minimum atomic E-state index is -0.899. The Hall–Kier alpha value is -2.34. The molecule has 1 amide bonds. The Kier molecular flexibility index (Phi) is 5.98. The molecule has 0 saturated heterocycles. The Morgan fingerprint density at radius 2 is 1.79 bits per heavy atom. The molecule has 0 bridgehead atoms. The minimum absolute atomic E-state index is 0.380. The van der Waals surface area contributed by atoms with Crippen molar-refractivity contribution in [1.82, 2.24) is 0 Å². The summed E-state index contributed by atoms with van der Waals surface area (Å²) in [6, 6.07) is 14.2. The lowest BCUT2D eigenvalue weighted by Gasteiger charge is -2.15. The third-order valence-electron chi connectivity index (χ3n) is 3.36. The molecular weight excluding hydrogens is 372 g/mol. The van der Waals surface area contributed by atoms with Crippen LogP contribution in [0.15, 0.2) is 53.0 Å². The van der Waals surface area contributed by atoms with Crippen LogP contribution in [-0.4, -0.2) is 32.1 Å². The van der Waals surface area contributed by atoms with Gasteiger partial charge in [-0.3, -0.25) is 4.79 Å². The molecule has 24 heavy (non-hydrogen) atoms. The summed E-state index contributed by atoms with van der Waals surface area (Å²) in [5.41, 5.74) is 1.93. The quantitative estimate of drug-likeness (QED) is 0.790. The lowest BCUT2D eigenvalue weighted by atomic mass is 10.2. The summed E-state index contributed by atoms with van der Waals surface area (Å²) in [6.07, 6.45) is -0.899. The number of nitrogens with one attached hydrogen (secondary N) is 1. The van der Waals surface area contributed by atoms with Crippen LogP contribution in [0.1, 0.15) is 17.3 Å². The highest BCUT2D eigenvalue weighted by Gasteiger charge is 2.19. The molecule has 0 fully saturated rings. The van der Waals surface area contributed by atoms with Gasteiger partial charge in [0.1, 0.15) is 0 Å². The maximum absolute atomic E-state index is 12.2. The van der Waals surface area contributed by atoms with Crippen molar-refractivity contribution in [1.29, 1.82) is 0 Å². The number of rotatable bonds is 5. The normalized spacial score (nSPS) is 11.5. The summed E-state index contributed by atoms with van der Waals surface area (Å²) >= 11 is 3.33. The summed E-state index contributed by atoms with van der Waals surface area (Å²) in [4.78, 5) is 26.2. The number of hydrogen-bond donors (Lipinski definition) is 1. The van der Waals surface area contributed by atoms with Gasteiger partial charge >= 0.3 is 5.97 Å². The van der Waals surface area contributed by atoms with E-state index in [4.69, 9.17) is 4.74 Å². The Morgan fingerprint density at radius 1 is 1.12 bits per heavy atom. The molecule has 5 nitrogen and oxygen atoms in total. The molecule has 0 aliphatic rings. The van der Waals surface area contributed by atoms with E-state index in [1.54, 1.807) is 37.3 Å². The largest absolute Gasteiger partial charge is 0.449 e. The number of halogens is 1. The average Bonchev–Trinajstić information content (AvgIpc) is 2.56.